The molecule has 18 heavy (non-hydrogen) atoms. The van der Waals surface area contributed by atoms with E-state index in [0.717, 1.165) is 32.5 Å². The Morgan fingerprint density at radius 1 is 1.61 bits per heavy atom. The number of carbonyl (C=O) groups is 1. The summed E-state index contributed by atoms with van der Waals surface area (Å²) in [6, 6.07) is 2.04. The predicted octanol–water partition coefficient (Wildman–Crippen LogP) is 0.453. The average molecular weight is 253 g/mol. The Kier molecular flexibility index (Phi) is 6.69. The molecule has 0 bridgehead atoms. The van der Waals surface area contributed by atoms with Crippen LogP contribution in [0.15, 0.2) is 0 Å². The van der Waals surface area contributed by atoms with E-state index in [4.69, 9.17) is 10.4 Å². The van der Waals surface area contributed by atoms with Gasteiger partial charge in [0.2, 0.25) is 5.91 Å². The summed E-state index contributed by atoms with van der Waals surface area (Å²) in [6.07, 6.45) is 3.07. The molecule has 1 atom stereocenters. The molecule has 0 spiro atoms. The molecule has 5 nitrogen and oxygen atoms in total. The fourth-order valence-corrected chi connectivity index (χ4v) is 2.29. The first-order valence-corrected chi connectivity index (χ1v) is 6.61. The van der Waals surface area contributed by atoms with Gasteiger partial charge in [0.15, 0.2) is 0 Å². The van der Waals surface area contributed by atoms with Crippen molar-refractivity contribution in [2.75, 3.05) is 39.8 Å². The lowest BCUT2D eigenvalue weighted by Crippen LogP contribution is -2.39. The third-order valence-electron chi connectivity index (χ3n) is 3.49. The van der Waals surface area contributed by atoms with Gasteiger partial charge in [-0.05, 0) is 25.3 Å². The van der Waals surface area contributed by atoms with Crippen molar-refractivity contribution in [1.29, 1.82) is 5.26 Å². The number of nitrogens with zero attached hydrogens (tertiary/aromatic N) is 3. The number of amides is 1. The third kappa shape index (κ3) is 5.03. The number of piperidine rings is 1. The second-order valence-corrected chi connectivity index (χ2v) is 4.96. The standard InChI is InChI=1S/C13H23N3O2/c1-15(7-3-6-14)13(18)5-9-16-8-2-4-12(10-16)11-17/h12,17H,2-5,7-11H2,1H3. The van der Waals surface area contributed by atoms with Crippen LogP contribution in [0.5, 0.6) is 0 Å². The molecule has 1 aliphatic heterocycles. The number of rotatable bonds is 6. The number of aliphatic hydroxyl groups is 1. The minimum atomic E-state index is 0.0939. The molecule has 0 aliphatic carbocycles. The number of nitriles is 1. The van der Waals surface area contributed by atoms with Crippen molar-refractivity contribution < 1.29 is 9.90 Å². The van der Waals surface area contributed by atoms with Crippen LogP contribution in [0.4, 0.5) is 0 Å². The van der Waals surface area contributed by atoms with Crippen LogP contribution in [-0.4, -0.2) is 60.6 Å². The zero-order chi connectivity index (χ0) is 13.4. The Bertz CT molecular complexity index is 301. The monoisotopic (exact) mass is 253 g/mol. The van der Waals surface area contributed by atoms with Crippen LogP contribution in [0.3, 0.4) is 0 Å². The Hall–Kier alpha value is -1.12. The Morgan fingerprint density at radius 2 is 2.39 bits per heavy atom. The van der Waals surface area contributed by atoms with Gasteiger partial charge in [-0.15, -0.1) is 0 Å². The molecule has 0 radical (unpaired) electrons. The van der Waals surface area contributed by atoms with E-state index in [2.05, 4.69) is 4.90 Å². The highest BCUT2D eigenvalue weighted by atomic mass is 16.3. The van der Waals surface area contributed by atoms with Crippen LogP contribution in [0.1, 0.15) is 25.7 Å². The van der Waals surface area contributed by atoms with Gasteiger partial charge in [0, 0.05) is 39.7 Å². The van der Waals surface area contributed by atoms with E-state index < -0.39 is 0 Å². The molecule has 102 valence electrons. The first-order valence-electron chi connectivity index (χ1n) is 6.61. The van der Waals surface area contributed by atoms with Gasteiger partial charge in [0.1, 0.15) is 0 Å². The van der Waals surface area contributed by atoms with E-state index in [9.17, 15) is 4.79 Å². The summed E-state index contributed by atoms with van der Waals surface area (Å²) >= 11 is 0. The van der Waals surface area contributed by atoms with Crippen LogP contribution in [0, 0.1) is 17.2 Å². The van der Waals surface area contributed by atoms with Gasteiger partial charge in [-0.25, -0.2) is 0 Å². The maximum Gasteiger partial charge on any atom is 0.223 e. The maximum atomic E-state index is 11.8. The normalized spacial score (nSPS) is 20.4. The molecular formula is C13H23N3O2. The van der Waals surface area contributed by atoms with Gasteiger partial charge in [-0.1, -0.05) is 0 Å². The second kappa shape index (κ2) is 8.06. The minimum absolute atomic E-state index is 0.0939. The smallest absolute Gasteiger partial charge is 0.223 e. The van der Waals surface area contributed by atoms with Gasteiger partial charge < -0.3 is 14.9 Å². The topological polar surface area (TPSA) is 67.6 Å². The fourth-order valence-electron chi connectivity index (χ4n) is 2.29. The van der Waals surface area contributed by atoms with Crippen molar-refractivity contribution in [3.8, 4) is 6.07 Å². The van der Waals surface area contributed by atoms with E-state index in [0.29, 0.717) is 25.3 Å². The number of hydrogen-bond acceptors (Lipinski definition) is 4. The molecule has 1 N–H and O–H groups in total. The highest BCUT2D eigenvalue weighted by Crippen LogP contribution is 2.15. The number of likely N-dealkylation sites (tertiary alicyclic amines) is 1. The second-order valence-electron chi connectivity index (χ2n) is 4.96. The summed E-state index contributed by atoms with van der Waals surface area (Å²) in [5.74, 6) is 0.460. The Morgan fingerprint density at radius 3 is 3.06 bits per heavy atom. The minimum Gasteiger partial charge on any atom is -0.396 e. The summed E-state index contributed by atoms with van der Waals surface area (Å²) in [5, 5.41) is 17.6. The van der Waals surface area contributed by atoms with Crippen molar-refractivity contribution in [1.82, 2.24) is 9.80 Å². The summed E-state index contributed by atoms with van der Waals surface area (Å²) in [4.78, 5) is 15.7. The number of aliphatic hydroxyl groups excluding tert-OH is 1. The van der Waals surface area contributed by atoms with Gasteiger partial charge >= 0.3 is 0 Å². The Labute approximate surface area is 109 Å². The van der Waals surface area contributed by atoms with Gasteiger partial charge in [-0.3, -0.25) is 4.79 Å². The molecule has 1 saturated heterocycles. The van der Waals surface area contributed by atoms with Gasteiger partial charge in [-0.2, -0.15) is 5.26 Å². The van der Waals surface area contributed by atoms with Gasteiger partial charge in [0.05, 0.1) is 12.5 Å². The van der Waals surface area contributed by atoms with Crippen molar-refractivity contribution >= 4 is 5.91 Å². The van der Waals surface area contributed by atoms with E-state index in [1.165, 1.54) is 0 Å². The molecule has 1 rings (SSSR count). The molecule has 1 fully saturated rings. The highest BCUT2D eigenvalue weighted by Gasteiger charge is 2.20. The third-order valence-corrected chi connectivity index (χ3v) is 3.49. The molecule has 0 aromatic heterocycles. The molecular weight excluding hydrogens is 230 g/mol. The summed E-state index contributed by atoms with van der Waals surface area (Å²) < 4.78 is 0. The van der Waals surface area contributed by atoms with E-state index >= 15 is 0 Å². The van der Waals surface area contributed by atoms with Crippen molar-refractivity contribution in [3.63, 3.8) is 0 Å². The summed E-state index contributed by atoms with van der Waals surface area (Å²) in [7, 11) is 1.74. The zero-order valence-electron chi connectivity index (χ0n) is 11.1. The number of carbonyl (C=O) groups excluding carboxylic acids is 1. The van der Waals surface area contributed by atoms with Crippen molar-refractivity contribution in [2.45, 2.75) is 25.7 Å². The SMILES string of the molecule is CN(CCC#N)C(=O)CCN1CCCC(CO)C1. The fraction of sp³-hybridized carbons (Fsp3) is 0.846. The first-order chi connectivity index (χ1) is 8.67. The van der Waals surface area contributed by atoms with Crippen molar-refractivity contribution in [3.05, 3.63) is 0 Å². The van der Waals surface area contributed by atoms with Crippen LogP contribution in [0.25, 0.3) is 0 Å². The molecule has 1 heterocycles. The average Bonchev–Trinajstić information content (AvgIpc) is 2.42. The lowest BCUT2D eigenvalue weighted by atomic mass is 9.99. The van der Waals surface area contributed by atoms with Crippen LogP contribution in [0.2, 0.25) is 0 Å². The molecule has 1 unspecified atom stereocenters. The lowest BCUT2D eigenvalue weighted by Gasteiger charge is -2.31. The number of hydrogen-bond donors (Lipinski definition) is 1. The largest absolute Gasteiger partial charge is 0.396 e. The van der Waals surface area contributed by atoms with Crippen LogP contribution < -0.4 is 0 Å². The van der Waals surface area contributed by atoms with Crippen LogP contribution in [-0.2, 0) is 4.79 Å². The molecule has 0 saturated carbocycles. The molecule has 1 amide bonds. The van der Waals surface area contributed by atoms with E-state index in [1.807, 2.05) is 6.07 Å². The van der Waals surface area contributed by atoms with Gasteiger partial charge in [0.25, 0.3) is 0 Å². The zero-order valence-corrected chi connectivity index (χ0v) is 11.1. The van der Waals surface area contributed by atoms with Crippen LogP contribution >= 0.6 is 0 Å². The first kappa shape index (κ1) is 14.9. The summed E-state index contributed by atoms with van der Waals surface area (Å²) in [5.41, 5.74) is 0. The lowest BCUT2D eigenvalue weighted by molar-refractivity contribution is -0.130. The molecule has 0 aromatic rings. The molecule has 5 heteroatoms. The molecule has 0 aromatic carbocycles. The quantitative estimate of drug-likeness (QED) is 0.746. The Balaban J connectivity index is 2.23. The highest BCUT2D eigenvalue weighted by molar-refractivity contribution is 5.76. The van der Waals surface area contributed by atoms with Crippen molar-refractivity contribution in [2.24, 2.45) is 5.92 Å². The van der Waals surface area contributed by atoms with E-state index in [-0.39, 0.29) is 12.5 Å². The van der Waals surface area contributed by atoms with E-state index in [1.54, 1.807) is 11.9 Å². The maximum absolute atomic E-state index is 11.8. The molecule has 1 aliphatic rings. The summed E-state index contributed by atoms with van der Waals surface area (Å²) in [6.45, 7) is 3.42. The predicted molar refractivity (Wildman–Crippen MR) is 68.7 cm³/mol.